The first kappa shape index (κ1) is 9.16. The largest absolute Gasteiger partial charge is 0.383 e. The van der Waals surface area contributed by atoms with E-state index in [2.05, 4.69) is 11.0 Å². The summed E-state index contributed by atoms with van der Waals surface area (Å²) >= 11 is 0. The van der Waals surface area contributed by atoms with E-state index in [4.69, 9.17) is 5.73 Å². The summed E-state index contributed by atoms with van der Waals surface area (Å²) in [7, 11) is -3.34. The Morgan fingerprint density at radius 3 is 2.60 bits per heavy atom. The van der Waals surface area contributed by atoms with Gasteiger partial charge in [-0.15, -0.1) is 4.40 Å². The van der Waals surface area contributed by atoms with E-state index in [0.29, 0.717) is 0 Å². The van der Waals surface area contributed by atoms with Crippen molar-refractivity contribution in [1.29, 1.82) is 0 Å². The van der Waals surface area contributed by atoms with E-state index >= 15 is 0 Å². The Morgan fingerprint density at radius 2 is 2.30 bits per heavy atom. The summed E-state index contributed by atoms with van der Waals surface area (Å²) < 4.78 is 24.5. The van der Waals surface area contributed by atoms with Crippen LogP contribution < -0.4 is 5.73 Å². The monoisotopic (exact) mass is 162 g/mol. The highest BCUT2D eigenvalue weighted by molar-refractivity contribution is 7.90. The van der Waals surface area contributed by atoms with Crippen molar-refractivity contribution in [3.8, 4) is 0 Å². The van der Waals surface area contributed by atoms with E-state index in [9.17, 15) is 8.42 Å². The van der Waals surface area contributed by atoms with Crippen LogP contribution >= 0.6 is 0 Å². The number of nitrogens with zero attached hydrogens (tertiary/aromatic N) is 1. The molecule has 0 aliphatic carbocycles. The van der Waals surface area contributed by atoms with Crippen LogP contribution in [-0.4, -0.2) is 20.0 Å². The van der Waals surface area contributed by atoms with Crippen LogP contribution in [0, 0.1) is 0 Å². The molecule has 0 saturated heterocycles. The Labute approximate surface area is 60.5 Å². The highest BCUT2D eigenvalue weighted by atomic mass is 32.2. The fraction of sp³-hybridized carbons (Fsp3) is 0.400. The zero-order chi connectivity index (χ0) is 8.20. The van der Waals surface area contributed by atoms with Crippen LogP contribution in [0.15, 0.2) is 17.1 Å². The maximum Gasteiger partial charge on any atom is 0.254 e. The van der Waals surface area contributed by atoms with Crippen molar-refractivity contribution in [1.82, 2.24) is 0 Å². The van der Waals surface area contributed by atoms with Crippen molar-refractivity contribution in [3.05, 3.63) is 12.7 Å². The topological polar surface area (TPSA) is 72.5 Å². The lowest BCUT2D eigenvalue weighted by Gasteiger charge is -1.91. The first-order valence-electron chi connectivity index (χ1n) is 2.72. The van der Waals surface area contributed by atoms with Crippen molar-refractivity contribution in [2.75, 3.05) is 5.75 Å². The minimum atomic E-state index is -3.34. The molecule has 4 nitrogen and oxygen atoms in total. The predicted octanol–water partition coefficient (Wildman–Crippen LogP) is -0.121. The Hall–Kier alpha value is -0.840. The van der Waals surface area contributed by atoms with Gasteiger partial charge in [-0.25, -0.2) is 8.42 Å². The number of nitrogens with two attached hydrogens (primary N) is 1. The molecule has 0 amide bonds. The van der Waals surface area contributed by atoms with E-state index in [1.54, 1.807) is 0 Å². The van der Waals surface area contributed by atoms with Crippen LogP contribution in [0.5, 0.6) is 0 Å². The summed E-state index contributed by atoms with van der Waals surface area (Å²) in [6.45, 7) is 4.75. The number of sulfonamides is 1. The van der Waals surface area contributed by atoms with Crippen LogP contribution in [0.2, 0.25) is 0 Å². The number of hydrogen-bond acceptors (Lipinski definition) is 2. The molecule has 0 aromatic rings. The third-order valence-corrected chi connectivity index (χ3v) is 2.04. The molecule has 0 saturated carbocycles. The SMILES string of the molecule is C=CC(N)=NS(=O)(=O)CC. The maximum atomic E-state index is 10.7. The standard InChI is InChI=1S/C5H10N2O2S/c1-3-5(6)7-10(8,9)4-2/h3H,1,4H2,2H3,(H2,6,7). The molecular weight excluding hydrogens is 152 g/mol. The van der Waals surface area contributed by atoms with Gasteiger partial charge in [-0.3, -0.25) is 0 Å². The quantitative estimate of drug-likeness (QED) is 0.464. The summed E-state index contributed by atoms with van der Waals surface area (Å²) in [5.41, 5.74) is 5.09. The zero-order valence-electron chi connectivity index (χ0n) is 5.74. The number of hydrogen-bond donors (Lipinski definition) is 1. The molecule has 0 unspecified atom stereocenters. The summed E-state index contributed by atoms with van der Waals surface area (Å²) in [5, 5.41) is 0. The summed E-state index contributed by atoms with van der Waals surface area (Å²) in [6.07, 6.45) is 1.19. The molecule has 0 rings (SSSR count). The van der Waals surface area contributed by atoms with Crippen molar-refractivity contribution in [2.45, 2.75) is 6.92 Å². The third-order valence-electron chi connectivity index (χ3n) is 0.818. The van der Waals surface area contributed by atoms with Crippen LogP contribution in [0.25, 0.3) is 0 Å². The molecular formula is C5H10N2O2S. The smallest absolute Gasteiger partial charge is 0.254 e. The summed E-state index contributed by atoms with van der Waals surface area (Å²) in [5.74, 6) is -0.108. The van der Waals surface area contributed by atoms with Gasteiger partial charge in [0.25, 0.3) is 10.0 Å². The Morgan fingerprint density at radius 1 is 1.80 bits per heavy atom. The minimum absolute atomic E-state index is 0.0401. The van der Waals surface area contributed by atoms with Gasteiger partial charge in [-0.2, -0.15) is 0 Å². The van der Waals surface area contributed by atoms with Gasteiger partial charge in [0.2, 0.25) is 0 Å². The van der Waals surface area contributed by atoms with Crippen molar-refractivity contribution < 1.29 is 8.42 Å². The van der Waals surface area contributed by atoms with Crippen LogP contribution in [0.4, 0.5) is 0 Å². The first-order chi connectivity index (χ1) is 4.52. The molecule has 58 valence electrons. The molecule has 0 radical (unpaired) electrons. The summed E-state index contributed by atoms with van der Waals surface area (Å²) in [6, 6.07) is 0. The molecule has 0 atom stereocenters. The minimum Gasteiger partial charge on any atom is -0.383 e. The second-order valence-electron chi connectivity index (χ2n) is 1.59. The molecule has 0 aliphatic rings. The number of amidine groups is 1. The van der Waals surface area contributed by atoms with Crippen LogP contribution in [0.3, 0.4) is 0 Å². The van der Waals surface area contributed by atoms with Crippen molar-refractivity contribution >= 4 is 15.9 Å². The average molecular weight is 162 g/mol. The molecule has 0 aromatic heterocycles. The fourth-order valence-corrected chi connectivity index (χ4v) is 0.787. The Kier molecular flexibility index (Phi) is 3.08. The van der Waals surface area contributed by atoms with Gasteiger partial charge in [-0.05, 0) is 13.0 Å². The molecule has 2 N–H and O–H groups in total. The molecule has 0 fully saturated rings. The average Bonchev–Trinajstić information content (AvgIpc) is 1.87. The lowest BCUT2D eigenvalue weighted by atomic mass is 10.6. The Balaban J connectivity index is 4.56. The van der Waals surface area contributed by atoms with Gasteiger partial charge >= 0.3 is 0 Å². The van der Waals surface area contributed by atoms with Crippen molar-refractivity contribution in [3.63, 3.8) is 0 Å². The first-order valence-corrected chi connectivity index (χ1v) is 4.33. The maximum absolute atomic E-state index is 10.7. The van der Waals surface area contributed by atoms with Crippen molar-refractivity contribution in [2.24, 2.45) is 10.1 Å². The van der Waals surface area contributed by atoms with Gasteiger partial charge in [0, 0.05) is 0 Å². The highest BCUT2D eigenvalue weighted by Gasteiger charge is 2.02. The van der Waals surface area contributed by atoms with E-state index in [0.717, 1.165) is 0 Å². The second kappa shape index (κ2) is 3.36. The molecule has 0 aliphatic heterocycles. The lowest BCUT2D eigenvalue weighted by Crippen LogP contribution is -2.11. The normalized spacial score (nSPS) is 13.1. The van der Waals surface area contributed by atoms with E-state index in [1.165, 1.54) is 13.0 Å². The zero-order valence-corrected chi connectivity index (χ0v) is 6.56. The van der Waals surface area contributed by atoms with Crippen LogP contribution in [0.1, 0.15) is 6.92 Å². The van der Waals surface area contributed by atoms with E-state index < -0.39 is 10.0 Å². The number of rotatable bonds is 3. The molecule has 5 heteroatoms. The van der Waals surface area contributed by atoms with Gasteiger partial charge in [0.15, 0.2) is 0 Å². The molecule has 0 aromatic carbocycles. The van der Waals surface area contributed by atoms with Gasteiger partial charge in [0.1, 0.15) is 5.84 Å². The van der Waals surface area contributed by atoms with Gasteiger partial charge in [0.05, 0.1) is 5.75 Å². The highest BCUT2D eigenvalue weighted by Crippen LogP contribution is 1.90. The van der Waals surface area contributed by atoms with Gasteiger partial charge in [-0.1, -0.05) is 6.58 Å². The van der Waals surface area contributed by atoms with Crippen LogP contribution in [-0.2, 0) is 10.0 Å². The molecule has 0 bridgehead atoms. The fourth-order valence-electron chi connectivity index (χ4n) is 0.262. The Bertz CT molecular complexity index is 240. The third kappa shape index (κ3) is 3.24. The van der Waals surface area contributed by atoms with E-state index in [1.807, 2.05) is 0 Å². The lowest BCUT2D eigenvalue weighted by molar-refractivity contribution is 0.599. The summed E-state index contributed by atoms with van der Waals surface area (Å²) in [4.78, 5) is 0. The second-order valence-corrected chi connectivity index (χ2v) is 3.51. The predicted molar refractivity (Wildman–Crippen MR) is 41.3 cm³/mol. The molecule has 0 heterocycles. The van der Waals surface area contributed by atoms with Gasteiger partial charge < -0.3 is 5.73 Å². The molecule has 10 heavy (non-hydrogen) atoms. The van der Waals surface area contributed by atoms with E-state index in [-0.39, 0.29) is 11.6 Å². The molecule has 0 spiro atoms.